The van der Waals surface area contributed by atoms with E-state index in [0.717, 1.165) is 24.1 Å². The van der Waals surface area contributed by atoms with E-state index in [0.29, 0.717) is 25.3 Å². The minimum absolute atomic E-state index is 0.0323. The van der Waals surface area contributed by atoms with Gasteiger partial charge in [-0.15, -0.1) is 0 Å². The van der Waals surface area contributed by atoms with Crippen LogP contribution in [0, 0.1) is 0 Å². The summed E-state index contributed by atoms with van der Waals surface area (Å²) in [4.78, 5) is 37.9. The van der Waals surface area contributed by atoms with Crippen LogP contribution in [0.2, 0.25) is 0 Å². The highest BCUT2D eigenvalue weighted by atomic mass is 16.2. The fourth-order valence-electron chi connectivity index (χ4n) is 3.69. The van der Waals surface area contributed by atoms with Gasteiger partial charge in [-0.3, -0.25) is 14.6 Å². The molecule has 1 aliphatic rings. The van der Waals surface area contributed by atoms with Crippen molar-refractivity contribution < 1.29 is 4.79 Å². The minimum Gasteiger partial charge on any atom is -0.363 e. The molecule has 0 aliphatic carbocycles. The van der Waals surface area contributed by atoms with Crippen LogP contribution < -0.4 is 10.5 Å². The maximum absolute atomic E-state index is 12.6. The lowest BCUT2D eigenvalue weighted by Crippen LogP contribution is -2.41. The molecular formula is C22H29N5O2. The lowest BCUT2D eigenvalue weighted by Gasteiger charge is -2.29. The van der Waals surface area contributed by atoms with Crippen molar-refractivity contribution >= 4 is 11.6 Å². The zero-order valence-corrected chi connectivity index (χ0v) is 17.3. The van der Waals surface area contributed by atoms with E-state index in [1.807, 2.05) is 55.1 Å². The molecule has 0 unspecified atom stereocenters. The van der Waals surface area contributed by atoms with Crippen molar-refractivity contribution in [2.45, 2.75) is 19.4 Å². The Bertz CT molecular complexity index is 907. The van der Waals surface area contributed by atoms with Gasteiger partial charge in [-0.05, 0) is 51.2 Å². The van der Waals surface area contributed by atoms with E-state index in [4.69, 9.17) is 0 Å². The Labute approximate surface area is 171 Å². The first-order valence-corrected chi connectivity index (χ1v) is 9.99. The average molecular weight is 396 g/mol. The molecule has 1 fully saturated rings. The molecule has 2 aromatic heterocycles. The van der Waals surface area contributed by atoms with Gasteiger partial charge in [0, 0.05) is 62.5 Å². The minimum atomic E-state index is -0.111. The fraction of sp³-hybridized carbons (Fsp3) is 0.409. The number of hydrogen-bond donors (Lipinski definition) is 1. The number of pyridine rings is 2. The zero-order valence-electron chi connectivity index (χ0n) is 17.3. The van der Waals surface area contributed by atoms with Gasteiger partial charge in [0.1, 0.15) is 5.69 Å². The number of likely N-dealkylation sites (tertiary alicyclic amines) is 1. The van der Waals surface area contributed by atoms with Crippen molar-refractivity contribution in [3.8, 4) is 11.1 Å². The number of amides is 1. The summed E-state index contributed by atoms with van der Waals surface area (Å²) in [6, 6.07) is 5.90. The van der Waals surface area contributed by atoms with Crippen molar-refractivity contribution in [2.75, 3.05) is 45.2 Å². The Morgan fingerprint density at radius 1 is 1.31 bits per heavy atom. The van der Waals surface area contributed by atoms with E-state index in [2.05, 4.69) is 14.9 Å². The van der Waals surface area contributed by atoms with E-state index < -0.39 is 0 Å². The van der Waals surface area contributed by atoms with E-state index in [-0.39, 0.29) is 17.5 Å². The Morgan fingerprint density at radius 3 is 2.76 bits per heavy atom. The van der Waals surface area contributed by atoms with Gasteiger partial charge in [-0.1, -0.05) is 6.08 Å². The SMILES string of the molecule is CCN(c1cc(-c2ccncc2)c[nH]c1=O)[C@H]1CCN(C(=O)C=CCN(C)C)C1. The lowest BCUT2D eigenvalue weighted by molar-refractivity contribution is -0.125. The molecule has 1 atom stereocenters. The number of aromatic amines is 1. The van der Waals surface area contributed by atoms with Crippen LogP contribution in [-0.4, -0.2) is 72.0 Å². The van der Waals surface area contributed by atoms with Gasteiger partial charge < -0.3 is 19.7 Å². The number of carbonyl (C=O) groups excluding carboxylic acids is 1. The molecule has 0 radical (unpaired) electrons. The van der Waals surface area contributed by atoms with Gasteiger partial charge in [0.2, 0.25) is 5.91 Å². The van der Waals surface area contributed by atoms with Gasteiger partial charge in [-0.25, -0.2) is 0 Å². The number of carbonyl (C=O) groups is 1. The monoisotopic (exact) mass is 395 g/mol. The molecule has 7 nitrogen and oxygen atoms in total. The highest BCUT2D eigenvalue weighted by Crippen LogP contribution is 2.25. The van der Waals surface area contributed by atoms with E-state index in [1.54, 1.807) is 24.7 Å². The molecule has 154 valence electrons. The molecule has 2 aromatic rings. The maximum atomic E-state index is 12.6. The average Bonchev–Trinajstić information content (AvgIpc) is 3.20. The number of nitrogens with zero attached hydrogens (tertiary/aromatic N) is 4. The third kappa shape index (κ3) is 5.12. The van der Waals surface area contributed by atoms with Crippen molar-refractivity contribution in [3.63, 3.8) is 0 Å². The van der Waals surface area contributed by atoms with Crippen LogP contribution in [0.25, 0.3) is 11.1 Å². The summed E-state index contributed by atoms with van der Waals surface area (Å²) in [5, 5.41) is 0. The van der Waals surface area contributed by atoms with E-state index >= 15 is 0 Å². The fourth-order valence-corrected chi connectivity index (χ4v) is 3.69. The third-order valence-corrected chi connectivity index (χ3v) is 5.19. The van der Waals surface area contributed by atoms with Crippen LogP contribution in [-0.2, 0) is 4.79 Å². The Kier molecular flexibility index (Phi) is 6.82. The number of hydrogen-bond acceptors (Lipinski definition) is 5. The molecule has 0 saturated carbocycles. The van der Waals surface area contributed by atoms with Crippen molar-refractivity contribution in [2.24, 2.45) is 0 Å². The normalized spacial score (nSPS) is 16.7. The van der Waals surface area contributed by atoms with Crippen LogP contribution in [0.15, 0.2) is 53.7 Å². The van der Waals surface area contributed by atoms with Crippen LogP contribution in [0.1, 0.15) is 13.3 Å². The predicted octanol–water partition coefficient (Wildman–Crippen LogP) is 1.98. The predicted molar refractivity (Wildman–Crippen MR) is 116 cm³/mol. The molecule has 7 heteroatoms. The number of rotatable bonds is 7. The maximum Gasteiger partial charge on any atom is 0.271 e. The molecule has 1 aliphatic heterocycles. The Hall–Kier alpha value is -2.93. The molecule has 0 bridgehead atoms. The molecule has 1 amide bonds. The summed E-state index contributed by atoms with van der Waals surface area (Å²) in [5.74, 6) is 0.0323. The van der Waals surface area contributed by atoms with E-state index in [1.165, 1.54) is 0 Å². The van der Waals surface area contributed by atoms with Crippen molar-refractivity contribution in [1.82, 2.24) is 19.8 Å². The Morgan fingerprint density at radius 2 is 2.07 bits per heavy atom. The summed E-state index contributed by atoms with van der Waals surface area (Å²) >= 11 is 0. The summed E-state index contributed by atoms with van der Waals surface area (Å²) in [6.07, 6.45) is 9.59. The Balaban J connectivity index is 1.76. The first-order valence-electron chi connectivity index (χ1n) is 9.99. The largest absolute Gasteiger partial charge is 0.363 e. The second kappa shape index (κ2) is 9.52. The summed E-state index contributed by atoms with van der Waals surface area (Å²) in [6.45, 7) is 4.81. The van der Waals surface area contributed by atoms with Gasteiger partial charge in [0.15, 0.2) is 0 Å². The first kappa shape index (κ1) is 20.8. The lowest BCUT2D eigenvalue weighted by atomic mass is 10.1. The van der Waals surface area contributed by atoms with Crippen molar-refractivity contribution in [1.29, 1.82) is 0 Å². The van der Waals surface area contributed by atoms with Crippen LogP contribution in [0.4, 0.5) is 5.69 Å². The quantitative estimate of drug-likeness (QED) is 0.726. The van der Waals surface area contributed by atoms with Crippen LogP contribution >= 0.6 is 0 Å². The number of likely N-dealkylation sites (N-methyl/N-ethyl adjacent to an activating group) is 2. The summed E-state index contributed by atoms with van der Waals surface area (Å²) < 4.78 is 0. The topological polar surface area (TPSA) is 72.5 Å². The highest BCUT2D eigenvalue weighted by Gasteiger charge is 2.30. The number of anilines is 1. The molecule has 3 heterocycles. The smallest absolute Gasteiger partial charge is 0.271 e. The number of aromatic nitrogens is 2. The summed E-state index contributed by atoms with van der Waals surface area (Å²) in [5.41, 5.74) is 2.48. The molecule has 0 aromatic carbocycles. The van der Waals surface area contributed by atoms with Gasteiger partial charge >= 0.3 is 0 Å². The van der Waals surface area contributed by atoms with Crippen LogP contribution in [0.5, 0.6) is 0 Å². The first-order chi connectivity index (χ1) is 14.0. The van der Waals surface area contributed by atoms with Gasteiger partial charge in [0.25, 0.3) is 5.56 Å². The molecule has 0 spiro atoms. The molecular weight excluding hydrogens is 366 g/mol. The second-order valence-electron chi connectivity index (χ2n) is 7.52. The molecule has 29 heavy (non-hydrogen) atoms. The molecule has 3 rings (SSSR count). The third-order valence-electron chi connectivity index (χ3n) is 5.19. The number of nitrogens with one attached hydrogen (secondary N) is 1. The molecule has 1 saturated heterocycles. The number of H-pyrrole nitrogens is 1. The standard InChI is InChI=1S/C22H29N5O2/c1-4-27(19-9-13-26(16-19)21(28)6-5-12-25(2)3)20-14-18(15-24-22(20)29)17-7-10-23-11-8-17/h5-8,10-11,14-15,19H,4,9,12-13,16H2,1-3H3,(H,24,29)/t19-/m0/s1. The second-order valence-corrected chi connectivity index (χ2v) is 7.52. The van der Waals surface area contributed by atoms with E-state index in [9.17, 15) is 9.59 Å². The van der Waals surface area contributed by atoms with Crippen molar-refractivity contribution in [3.05, 3.63) is 59.3 Å². The van der Waals surface area contributed by atoms with Crippen LogP contribution in [0.3, 0.4) is 0 Å². The highest BCUT2D eigenvalue weighted by molar-refractivity contribution is 5.88. The zero-order chi connectivity index (χ0) is 20.8. The van der Waals surface area contributed by atoms with Gasteiger partial charge in [0.05, 0.1) is 0 Å². The summed E-state index contributed by atoms with van der Waals surface area (Å²) in [7, 11) is 3.94. The van der Waals surface area contributed by atoms with Gasteiger partial charge in [-0.2, -0.15) is 0 Å². The molecule has 1 N–H and O–H groups in total.